The molecule has 2 aliphatic rings. The van der Waals surface area contributed by atoms with Crippen molar-refractivity contribution in [3.05, 3.63) is 59.7 Å². The summed E-state index contributed by atoms with van der Waals surface area (Å²) >= 11 is 5.27. The average molecular weight is 450 g/mol. The van der Waals surface area contributed by atoms with Gasteiger partial charge in [-0.15, -0.1) is 0 Å². The lowest BCUT2D eigenvalue weighted by atomic mass is 10.1. The zero-order valence-electron chi connectivity index (χ0n) is 18.2. The molecule has 2 heterocycles. The summed E-state index contributed by atoms with van der Waals surface area (Å²) in [5, 5.41) is 2.70. The number of rotatable bonds is 5. The fraction of sp³-hybridized carbons (Fsp3) is 0.320. The first-order valence-electron chi connectivity index (χ1n) is 11.1. The van der Waals surface area contributed by atoms with E-state index >= 15 is 0 Å². The van der Waals surface area contributed by atoms with E-state index in [0.717, 1.165) is 18.7 Å². The van der Waals surface area contributed by atoms with Crippen molar-refractivity contribution in [2.75, 3.05) is 29.5 Å². The highest BCUT2D eigenvalue weighted by atomic mass is 32.1. The normalized spacial score (nSPS) is 18.5. The van der Waals surface area contributed by atoms with Gasteiger partial charge in [0, 0.05) is 18.8 Å². The van der Waals surface area contributed by atoms with Crippen molar-refractivity contribution in [1.29, 1.82) is 0 Å². The van der Waals surface area contributed by atoms with Gasteiger partial charge in [-0.05, 0) is 80.0 Å². The largest absolute Gasteiger partial charge is 0.494 e. The van der Waals surface area contributed by atoms with Crippen LogP contribution in [0.3, 0.4) is 0 Å². The molecule has 0 spiro atoms. The molecule has 2 aromatic carbocycles. The van der Waals surface area contributed by atoms with Crippen LogP contribution >= 0.6 is 12.2 Å². The van der Waals surface area contributed by atoms with Gasteiger partial charge >= 0.3 is 0 Å². The van der Waals surface area contributed by atoms with Crippen LogP contribution < -0.4 is 19.9 Å². The van der Waals surface area contributed by atoms with Gasteiger partial charge in [-0.3, -0.25) is 19.8 Å². The van der Waals surface area contributed by atoms with Gasteiger partial charge in [-0.1, -0.05) is 25.0 Å². The highest BCUT2D eigenvalue weighted by molar-refractivity contribution is 7.80. The molecule has 0 atom stereocenters. The van der Waals surface area contributed by atoms with Crippen LogP contribution in [-0.4, -0.2) is 36.6 Å². The van der Waals surface area contributed by atoms with Crippen LogP contribution in [0.15, 0.2) is 54.1 Å². The van der Waals surface area contributed by atoms with E-state index in [4.69, 9.17) is 17.0 Å². The van der Waals surface area contributed by atoms with Gasteiger partial charge < -0.3 is 9.64 Å². The minimum Gasteiger partial charge on any atom is -0.494 e. The predicted octanol–water partition coefficient (Wildman–Crippen LogP) is 4.30. The third-order valence-electron chi connectivity index (χ3n) is 5.68. The summed E-state index contributed by atoms with van der Waals surface area (Å²) in [6.45, 7) is 4.59. The van der Waals surface area contributed by atoms with Crippen LogP contribution in [0.5, 0.6) is 5.75 Å². The molecule has 2 amide bonds. The van der Waals surface area contributed by atoms with E-state index in [1.54, 1.807) is 30.3 Å². The molecule has 0 aromatic heterocycles. The first kappa shape index (κ1) is 22.0. The van der Waals surface area contributed by atoms with E-state index < -0.39 is 11.8 Å². The van der Waals surface area contributed by atoms with E-state index in [9.17, 15) is 9.59 Å². The Morgan fingerprint density at radius 1 is 0.938 bits per heavy atom. The van der Waals surface area contributed by atoms with Crippen molar-refractivity contribution in [3.8, 4) is 5.75 Å². The Morgan fingerprint density at radius 2 is 1.56 bits per heavy atom. The Bertz CT molecular complexity index is 1020. The lowest BCUT2D eigenvalue weighted by Crippen LogP contribution is -2.54. The number of thiocarbonyl (C=S) groups is 1. The quantitative estimate of drug-likeness (QED) is 0.419. The van der Waals surface area contributed by atoms with E-state index in [-0.39, 0.29) is 10.7 Å². The van der Waals surface area contributed by atoms with Crippen molar-refractivity contribution in [2.24, 2.45) is 0 Å². The van der Waals surface area contributed by atoms with Crippen molar-refractivity contribution < 1.29 is 14.3 Å². The van der Waals surface area contributed by atoms with Crippen LogP contribution in [-0.2, 0) is 9.59 Å². The minimum atomic E-state index is -0.487. The maximum Gasteiger partial charge on any atom is 0.270 e. The first-order valence-corrected chi connectivity index (χ1v) is 11.5. The molecule has 0 aliphatic carbocycles. The number of nitrogens with one attached hydrogen (secondary N) is 1. The van der Waals surface area contributed by atoms with Gasteiger partial charge in [0.15, 0.2) is 5.11 Å². The molecule has 2 saturated heterocycles. The Balaban J connectivity index is 1.55. The molecule has 4 rings (SSSR count). The molecule has 6 nitrogen and oxygen atoms in total. The van der Waals surface area contributed by atoms with Gasteiger partial charge in [-0.2, -0.15) is 0 Å². The summed E-state index contributed by atoms with van der Waals surface area (Å²) in [5.74, 6) is -0.228. The molecule has 0 radical (unpaired) electrons. The van der Waals surface area contributed by atoms with Crippen molar-refractivity contribution >= 4 is 46.6 Å². The smallest absolute Gasteiger partial charge is 0.270 e. The van der Waals surface area contributed by atoms with Crippen LogP contribution in [0.25, 0.3) is 6.08 Å². The van der Waals surface area contributed by atoms with Crippen molar-refractivity contribution in [3.63, 3.8) is 0 Å². The number of ether oxygens (including phenoxy) is 1. The average Bonchev–Trinajstić information content (AvgIpc) is 3.08. The van der Waals surface area contributed by atoms with Crippen molar-refractivity contribution in [2.45, 2.75) is 32.6 Å². The maximum absolute atomic E-state index is 13.2. The third-order valence-corrected chi connectivity index (χ3v) is 5.97. The molecule has 166 valence electrons. The second-order valence-corrected chi connectivity index (χ2v) is 8.26. The zero-order chi connectivity index (χ0) is 22.5. The number of carbonyl (C=O) groups is 2. The SMILES string of the molecule is CCOc1ccc(N2C(=O)C(=Cc3ccc(N4CCCCCC4)cc3)C(=O)NC2=S)cc1. The lowest BCUT2D eigenvalue weighted by Gasteiger charge is -2.29. The number of hydrogen-bond donors (Lipinski definition) is 1. The highest BCUT2D eigenvalue weighted by Gasteiger charge is 2.34. The molecular formula is C25H27N3O3S. The lowest BCUT2D eigenvalue weighted by molar-refractivity contribution is -0.122. The van der Waals surface area contributed by atoms with Crippen LogP contribution in [0.4, 0.5) is 11.4 Å². The Hall–Kier alpha value is -3.19. The summed E-state index contributed by atoms with van der Waals surface area (Å²) in [7, 11) is 0. The molecule has 2 aromatic rings. The number of anilines is 2. The molecule has 7 heteroatoms. The van der Waals surface area contributed by atoms with Gasteiger partial charge in [-0.25, -0.2) is 0 Å². The summed E-state index contributed by atoms with van der Waals surface area (Å²) in [6, 6.07) is 15.0. The summed E-state index contributed by atoms with van der Waals surface area (Å²) < 4.78 is 5.46. The zero-order valence-corrected chi connectivity index (χ0v) is 19.0. The molecule has 1 N–H and O–H groups in total. The number of benzene rings is 2. The van der Waals surface area contributed by atoms with Crippen LogP contribution in [0.1, 0.15) is 38.2 Å². The number of hydrogen-bond acceptors (Lipinski definition) is 5. The summed E-state index contributed by atoms with van der Waals surface area (Å²) in [5.41, 5.74) is 2.59. The molecule has 0 saturated carbocycles. The summed E-state index contributed by atoms with van der Waals surface area (Å²) in [4.78, 5) is 29.5. The highest BCUT2D eigenvalue weighted by Crippen LogP contribution is 2.25. The molecular weight excluding hydrogens is 422 g/mol. The molecule has 32 heavy (non-hydrogen) atoms. The van der Waals surface area contributed by atoms with E-state index in [1.165, 1.54) is 36.3 Å². The number of nitrogens with zero attached hydrogens (tertiary/aromatic N) is 2. The molecule has 2 fully saturated rings. The second-order valence-electron chi connectivity index (χ2n) is 7.88. The molecule has 0 bridgehead atoms. The van der Waals surface area contributed by atoms with Crippen LogP contribution in [0.2, 0.25) is 0 Å². The van der Waals surface area contributed by atoms with E-state index in [0.29, 0.717) is 18.0 Å². The molecule has 0 unspecified atom stereocenters. The Morgan fingerprint density at radius 3 is 2.19 bits per heavy atom. The minimum absolute atomic E-state index is 0.0509. The van der Waals surface area contributed by atoms with Gasteiger partial charge in [0.05, 0.1) is 12.3 Å². The second kappa shape index (κ2) is 9.96. The van der Waals surface area contributed by atoms with Gasteiger partial charge in [0.1, 0.15) is 11.3 Å². The fourth-order valence-electron chi connectivity index (χ4n) is 4.03. The Kier molecular flexibility index (Phi) is 6.85. The summed E-state index contributed by atoms with van der Waals surface area (Å²) in [6.07, 6.45) is 6.60. The topological polar surface area (TPSA) is 61.9 Å². The van der Waals surface area contributed by atoms with Gasteiger partial charge in [0.25, 0.3) is 11.8 Å². The van der Waals surface area contributed by atoms with Crippen LogP contribution in [0, 0.1) is 0 Å². The van der Waals surface area contributed by atoms with E-state index in [1.807, 2.05) is 19.1 Å². The van der Waals surface area contributed by atoms with Crippen molar-refractivity contribution in [1.82, 2.24) is 5.32 Å². The van der Waals surface area contributed by atoms with Gasteiger partial charge in [0.2, 0.25) is 0 Å². The fourth-order valence-corrected chi connectivity index (χ4v) is 4.31. The van der Waals surface area contributed by atoms with E-state index in [2.05, 4.69) is 22.3 Å². The number of carbonyl (C=O) groups excluding carboxylic acids is 2. The first-order chi connectivity index (χ1) is 15.6. The maximum atomic E-state index is 13.2. The number of amides is 2. The third kappa shape index (κ3) is 4.83. The predicted molar refractivity (Wildman–Crippen MR) is 131 cm³/mol. The molecule has 2 aliphatic heterocycles. The standard InChI is InChI=1S/C25H27N3O3S/c1-2-31-21-13-11-20(12-14-21)28-24(30)22(23(29)26-25(28)32)17-18-7-9-19(10-8-18)27-15-5-3-4-6-16-27/h7-14,17H,2-6,15-16H2,1H3,(H,26,29,32). The Labute approximate surface area is 193 Å². The monoisotopic (exact) mass is 449 g/mol.